The molecule has 5 heteroatoms. The minimum atomic E-state index is -3.28. The lowest BCUT2D eigenvalue weighted by molar-refractivity contribution is 0.415. The van der Waals surface area contributed by atoms with E-state index in [1.807, 2.05) is 0 Å². The number of hydrogen-bond acceptors (Lipinski definition) is 4. The van der Waals surface area contributed by atoms with Crippen molar-refractivity contribution in [3.8, 4) is 22.9 Å². The lowest BCUT2D eigenvalue weighted by Gasteiger charge is -2.08. The minimum absolute atomic E-state index is 0.224. The van der Waals surface area contributed by atoms with Crippen LogP contribution in [0.5, 0.6) is 5.75 Å². The van der Waals surface area contributed by atoms with Crippen LogP contribution in [-0.4, -0.2) is 21.8 Å². The van der Waals surface area contributed by atoms with Gasteiger partial charge >= 0.3 is 0 Å². The van der Waals surface area contributed by atoms with E-state index in [0.717, 1.165) is 6.26 Å². The van der Waals surface area contributed by atoms with Crippen LogP contribution in [0.15, 0.2) is 47.4 Å². The molecule has 0 aliphatic rings. The molecule has 0 aliphatic heterocycles. The number of benzene rings is 2. The second-order valence-electron chi connectivity index (χ2n) is 4.32. The van der Waals surface area contributed by atoms with E-state index in [-0.39, 0.29) is 4.90 Å². The quantitative estimate of drug-likeness (QED) is 0.870. The molecule has 0 saturated carbocycles. The van der Waals surface area contributed by atoms with Gasteiger partial charge in [0.25, 0.3) is 0 Å². The third-order valence-electron chi connectivity index (χ3n) is 2.92. The molecule has 0 unspecified atom stereocenters. The van der Waals surface area contributed by atoms with Crippen LogP contribution in [0.2, 0.25) is 0 Å². The van der Waals surface area contributed by atoms with Gasteiger partial charge in [-0.1, -0.05) is 12.1 Å². The van der Waals surface area contributed by atoms with Crippen molar-refractivity contribution >= 4 is 9.84 Å². The second kappa shape index (κ2) is 5.35. The maximum absolute atomic E-state index is 11.6. The smallest absolute Gasteiger partial charge is 0.175 e. The fraction of sp³-hybridized carbons (Fsp3) is 0.133. The molecule has 0 spiro atoms. The van der Waals surface area contributed by atoms with Gasteiger partial charge in [-0.3, -0.25) is 0 Å². The van der Waals surface area contributed by atoms with E-state index in [0.29, 0.717) is 22.4 Å². The van der Waals surface area contributed by atoms with E-state index in [9.17, 15) is 8.42 Å². The molecule has 0 heterocycles. The number of methoxy groups -OCH3 is 1. The van der Waals surface area contributed by atoms with Crippen LogP contribution in [0, 0.1) is 11.3 Å². The van der Waals surface area contributed by atoms with E-state index in [1.165, 1.54) is 13.2 Å². The minimum Gasteiger partial charge on any atom is -0.497 e. The molecule has 0 N–H and O–H groups in total. The average Bonchev–Trinajstić information content (AvgIpc) is 2.45. The van der Waals surface area contributed by atoms with E-state index in [2.05, 4.69) is 6.07 Å². The molecule has 2 aromatic rings. The molecule has 0 fully saturated rings. The molecule has 0 aliphatic carbocycles. The van der Waals surface area contributed by atoms with Crippen molar-refractivity contribution < 1.29 is 13.2 Å². The molecule has 0 saturated heterocycles. The van der Waals surface area contributed by atoms with Crippen LogP contribution in [-0.2, 0) is 9.84 Å². The van der Waals surface area contributed by atoms with Gasteiger partial charge in [-0.25, -0.2) is 8.42 Å². The Kier molecular flexibility index (Phi) is 3.77. The molecule has 2 rings (SSSR count). The average molecular weight is 287 g/mol. The van der Waals surface area contributed by atoms with Gasteiger partial charge in [-0.15, -0.1) is 0 Å². The summed E-state index contributed by atoms with van der Waals surface area (Å²) in [6.45, 7) is 0. The van der Waals surface area contributed by atoms with Crippen molar-refractivity contribution in [2.75, 3.05) is 13.4 Å². The summed E-state index contributed by atoms with van der Waals surface area (Å²) in [6.07, 6.45) is 1.16. The predicted molar refractivity (Wildman–Crippen MR) is 76.3 cm³/mol. The third-order valence-corrected chi connectivity index (χ3v) is 4.03. The fourth-order valence-electron chi connectivity index (χ4n) is 1.88. The maximum atomic E-state index is 11.6. The first-order valence-electron chi connectivity index (χ1n) is 5.84. The lowest BCUT2D eigenvalue weighted by Crippen LogP contribution is -1.97. The largest absolute Gasteiger partial charge is 0.497 e. The van der Waals surface area contributed by atoms with Gasteiger partial charge in [0.2, 0.25) is 0 Å². The number of hydrogen-bond donors (Lipinski definition) is 0. The molecular formula is C15H13NO3S. The topological polar surface area (TPSA) is 67.2 Å². The molecule has 0 bridgehead atoms. The summed E-state index contributed by atoms with van der Waals surface area (Å²) in [5.74, 6) is 0.615. The molecule has 0 radical (unpaired) electrons. The van der Waals surface area contributed by atoms with Crippen LogP contribution in [0.25, 0.3) is 11.1 Å². The Morgan fingerprint density at radius 2 is 1.90 bits per heavy atom. The predicted octanol–water partition coefficient (Wildman–Crippen LogP) is 2.64. The lowest BCUT2D eigenvalue weighted by atomic mass is 10.00. The summed E-state index contributed by atoms with van der Waals surface area (Å²) in [6, 6.07) is 13.7. The molecule has 0 amide bonds. The van der Waals surface area contributed by atoms with Crippen LogP contribution in [0.4, 0.5) is 0 Å². The highest BCUT2D eigenvalue weighted by atomic mass is 32.2. The van der Waals surface area contributed by atoms with Gasteiger partial charge in [0.05, 0.1) is 23.6 Å². The van der Waals surface area contributed by atoms with E-state index in [4.69, 9.17) is 10.00 Å². The summed E-state index contributed by atoms with van der Waals surface area (Å²) < 4.78 is 28.4. The van der Waals surface area contributed by atoms with Crippen molar-refractivity contribution in [2.24, 2.45) is 0 Å². The Morgan fingerprint density at radius 3 is 2.50 bits per heavy atom. The first kappa shape index (κ1) is 14.1. The van der Waals surface area contributed by atoms with Gasteiger partial charge in [-0.2, -0.15) is 5.26 Å². The molecule has 4 nitrogen and oxygen atoms in total. The summed E-state index contributed by atoms with van der Waals surface area (Å²) in [5.41, 5.74) is 1.79. The molecule has 20 heavy (non-hydrogen) atoms. The van der Waals surface area contributed by atoms with Crippen molar-refractivity contribution in [3.63, 3.8) is 0 Å². The van der Waals surface area contributed by atoms with Gasteiger partial charge in [0.15, 0.2) is 9.84 Å². The zero-order valence-corrected chi connectivity index (χ0v) is 11.9. The van der Waals surface area contributed by atoms with Crippen LogP contribution in [0.3, 0.4) is 0 Å². The Morgan fingerprint density at radius 1 is 1.15 bits per heavy atom. The van der Waals surface area contributed by atoms with Gasteiger partial charge in [0.1, 0.15) is 5.75 Å². The SMILES string of the molecule is COc1ccc(C#N)c(-c2cccc(S(C)(=O)=O)c2)c1. The number of ether oxygens (including phenoxy) is 1. The van der Waals surface area contributed by atoms with E-state index in [1.54, 1.807) is 36.4 Å². The highest BCUT2D eigenvalue weighted by Gasteiger charge is 2.11. The summed E-state index contributed by atoms with van der Waals surface area (Å²) in [4.78, 5) is 0.224. The molecule has 0 aromatic heterocycles. The molecule has 2 aromatic carbocycles. The third kappa shape index (κ3) is 2.81. The Balaban J connectivity index is 2.65. The number of sulfone groups is 1. The first-order chi connectivity index (χ1) is 9.45. The van der Waals surface area contributed by atoms with Crippen molar-refractivity contribution in [3.05, 3.63) is 48.0 Å². The molecular weight excluding hydrogens is 274 g/mol. The highest BCUT2D eigenvalue weighted by Crippen LogP contribution is 2.29. The number of nitriles is 1. The zero-order chi connectivity index (χ0) is 14.8. The standard InChI is InChI=1S/C15H13NO3S/c1-19-13-7-6-12(10-16)15(9-13)11-4-3-5-14(8-11)20(2,17)18/h3-9H,1-2H3. The normalized spacial score (nSPS) is 10.8. The Hall–Kier alpha value is -2.32. The molecule has 0 atom stereocenters. The second-order valence-corrected chi connectivity index (χ2v) is 6.34. The molecule has 102 valence electrons. The monoisotopic (exact) mass is 287 g/mol. The Bertz CT molecular complexity index is 789. The van der Waals surface area contributed by atoms with Gasteiger partial charge < -0.3 is 4.74 Å². The number of rotatable bonds is 3. The summed E-state index contributed by atoms with van der Waals surface area (Å²) in [5, 5.41) is 9.16. The van der Waals surface area contributed by atoms with Gasteiger partial charge in [0, 0.05) is 11.8 Å². The van der Waals surface area contributed by atoms with E-state index < -0.39 is 9.84 Å². The fourth-order valence-corrected chi connectivity index (χ4v) is 2.55. The maximum Gasteiger partial charge on any atom is 0.175 e. The number of nitrogens with zero attached hydrogens (tertiary/aromatic N) is 1. The van der Waals surface area contributed by atoms with E-state index >= 15 is 0 Å². The van der Waals surface area contributed by atoms with Gasteiger partial charge in [-0.05, 0) is 35.9 Å². The van der Waals surface area contributed by atoms with Crippen molar-refractivity contribution in [1.29, 1.82) is 5.26 Å². The van der Waals surface area contributed by atoms with Crippen molar-refractivity contribution in [1.82, 2.24) is 0 Å². The first-order valence-corrected chi connectivity index (χ1v) is 7.73. The highest BCUT2D eigenvalue weighted by molar-refractivity contribution is 7.90. The van der Waals surface area contributed by atoms with Crippen LogP contribution < -0.4 is 4.74 Å². The zero-order valence-electron chi connectivity index (χ0n) is 11.1. The summed E-state index contributed by atoms with van der Waals surface area (Å²) >= 11 is 0. The summed E-state index contributed by atoms with van der Waals surface area (Å²) in [7, 11) is -1.74. The van der Waals surface area contributed by atoms with Crippen molar-refractivity contribution in [2.45, 2.75) is 4.90 Å². The van der Waals surface area contributed by atoms with Crippen LogP contribution in [0.1, 0.15) is 5.56 Å². The van der Waals surface area contributed by atoms with Crippen LogP contribution >= 0.6 is 0 Å². The Labute approximate surface area is 118 Å².